The number of sulfonamides is 1. The van der Waals surface area contributed by atoms with Gasteiger partial charge in [-0.05, 0) is 72.6 Å². The van der Waals surface area contributed by atoms with Gasteiger partial charge in [-0.3, -0.25) is 4.79 Å². The number of hydrogen-bond acceptors (Lipinski definition) is 4. The number of fused-ring (bicyclic) bond motifs is 1. The van der Waals surface area contributed by atoms with Crippen LogP contribution >= 0.6 is 0 Å². The molecule has 0 aliphatic heterocycles. The Kier molecular flexibility index (Phi) is 6.36. The largest absolute Gasteiger partial charge is 0.497 e. The van der Waals surface area contributed by atoms with E-state index in [-0.39, 0.29) is 16.7 Å². The number of amides is 1. The smallest absolute Gasteiger partial charge is 0.238 e. The molecule has 3 N–H and O–H groups in total. The molecule has 1 aliphatic carbocycles. The van der Waals surface area contributed by atoms with Crippen molar-refractivity contribution in [3.05, 3.63) is 59.2 Å². The molecule has 0 saturated heterocycles. The molecule has 0 heterocycles. The van der Waals surface area contributed by atoms with E-state index in [9.17, 15) is 13.2 Å². The average Bonchev–Trinajstić information content (AvgIpc) is 2.67. The molecule has 0 bridgehead atoms. The summed E-state index contributed by atoms with van der Waals surface area (Å²) in [6, 6.07) is 12.5. The van der Waals surface area contributed by atoms with Gasteiger partial charge in [0.15, 0.2) is 0 Å². The second-order valence-electron chi connectivity index (χ2n) is 7.15. The summed E-state index contributed by atoms with van der Waals surface area (Å²) in [6.07, 6.45) is 4.23. The zero-order chi connectivity index (χ0) is 20.1. The maximum atomic E-state index is 12.4. The molecule has 0 saturated carbocycles. The maximum Gasteiger partial charge on any atom is 0.238 e. The molecule has 1 unspecified atom stereocenters. The van der Waals surface area contributed by atoms with Crippen molar-refractivity contribution in [1.29, 1.82) is 0 Å². The topological polar surface area (TPSA) is 98.5 Å². The van der Waals surface area contributed by atoms with E-state index in [1.165, 1.54) is 23.3 Å². The second kappa shape index (κ2) is 8.75. The third-order valence-electron chi connectivity index (χ3n) is 5.21. The molecular weight excluding hydrogens is 376 g/mol. The van der Waals surface area contributed by atoms with Gasteiger partial charge in [0.2, 0.25) is 15.9 Å². The van der Waals surface area contributed by atoms with Gasteiger partial charge in [0.05, 0.1) is 12.0 Å². The molecule has 2 aromatic rings. The van der Waals surface area contributed by atoms with E-state index < -0.39 is 10.0 Å². The van der Waals surface area contributed by atoms with Crippen LogP contribution in [0.25, 0.3) is 0 Å². The van der Waals surface area contributed by atoms with Crippen LogP contribution < -0.4 is 15.2 Å². The van der Waals surface area contributed by atoms with Gasteiger partial charge in [-0.1, -0.05) is 18.2 Å². The molecule has 0 aromatic heterocycles. The lowest BCUT2D eigenvalue weighted by Gasteiger charge is -2.25. The van der Waals surface area contributed by atoms with Crippen LogP contribution in [0, 0.1) is 0 Å². The molecule has 0 spiro atoms. The zero-order valence-corrected chi connectivity index (χ0v) is 16.8. The fourth-order valence-corrected chi connectivity index (χ4v) is 4.23. The number of benzene rings is 2. The molecule has 150 valence electrons. The van der Waals surface area contributed by atoms with E-state index in [1.54, 1.807) is 19.2 Å². The quantitative estimate of drug-likeness (QED) is 0.743. The number of methoxy groups -OCH3 is 1. The Morgan fingerprint density at radius 1 is 1.21 bits per heavy atom. The van der Waals surface area contributed by atoms with E-state index in [2.05, 4.69) is 17.4 Å². The highest BCUT2D eigenvalue weighted by molar-refractivity contribution is 7.89. The summed E-state index contributed by atoms with van der Waals surface area (Å²) in [5.74, 6) is 1.14. The van der Waals surface area contributed by atoms with Gasteiger partial charge in [0.25, 0.3) is 0 Å². The Balaban J connectivity index is 1.52. The van der Waals surface area contributed by atoms with Crippen LogP contribution in [0.1, 0.15) is 41.9 Å². The molecule has 7 heteroatoms. The molecule has 0 fully saturated rings. The minimum atomic E-state index is -3.68. The normalized spacial score (nSPS) is 16.3. The molecule has 2 aromatic carbocycles. The number of nitrogens with two attached hydrogens (primary N) is 1. The summed E-state index contributed by atoms with van der Waals surface area (Å²) in [5.41, 5.74) is 3.47. The molecule has 3 rings (SSSR count). The van der Waals surface area contributed by atoms with E-state index in [1.807, 2.05) is 6.07 Å². The van der Waals surface area contributed by atoms with Crippen LogP contribution in [-0.4, -0.2) is 28.0 Å². The van der Waals surface area contributed by atoms with Crippen LogP contribution in [0.3, 0.4) is 0 Å². The summed E-state index contributed by atoms with van der Waals surface area (Å²) >= 11 is 0. The Labute approximate surface area is 166 Å². The standard InChI is InChI=1S/C21H26N2O4S/c1-27-18-7-10-20-16(13-18)3-2-4-17(20)14-21(24)23-12-11-15-5-8-19(9-6-15)28(22,25)26/h5-10,13,17H,2-4,11-12,14H2,1H3,(H,23,24)(H2,22,25,26). The first-order chi connectivity index (χ1) is 13.4. The van der Waals surface area contributed by atoms with Crippen LogP contribution in [0.4, 0.5) is 0 Å². The summed E-state index contributed by atoms with van der Waals surface area (Å²) in [4.78, 5) is 12.5. The first kappa shape index (κ1) is 20.4. The maximum absolute atomic E-state index is 12.4. The van der Waals surface area contributed by atoms with E-state index in [0.29, 0.717) is 19.4 Å². The predicted molar refractivity (Wildman–Crippen MR) is 108 cm³/mol. The van der Waals surface area contributed by atoms with Crippen molar-refractivity contribution in [2.75, 3.05) is 13.7 Å². The third kappa shape index (κ3) is 5.11. The van der Waals surface area contributed by atoms with Crippen LogP contribution in [0.15, 0.2) is 47.4 Å². The van der Waals surface area contributed by atoms with Gasteiger partial charge in [-0.2, -0.15) is 0 Å². The number of ether oxygens (including phenoxy) is 1. The first-order valence-corrected chi connectivity index (χ1v) is 11.0. The lowest BCUT2D eigenvalue weighted by molar-refractivity contribution is -0.121. The van der Waals surface area contributed by atoms with Gasteiger partial charge >= 0.3 is 0 Å². The number of rotatable bonds is 7. The van der Waals surface area contributed by atoms with E-state index in [4.69, 9.17) is 9.88 Å². The third-order valence-corrected chi connectivity index (χ3v) is 6.14. The number of carbonyl (C=O) groups is 1. The van der Waals surface area contributed by atoms with Crippen molar-refractivity contribution in [1.82, 2.24) is 5.32 Å². The average molecular weight is 403 g/mol. The van der Waals surface area contributed by atoms with Crippen LogP contribution in [-0.2, 0) is 27.7 Å². The summed E-state index contributed by atoms with van der Waals surface area (Å²) in [6.45, 7) is 0.510. The Morgan fingerprint density at radius 3 is 2.64 bits per heavy atom. The lowest BCUT2D eigenvalue weighted by atomic mass is 9.81. The fraction of sp³-hybridized carbons (Fsp3) is 0.381. The van der Waals surface area contributed by atoms with Gasteiger partial charge < -0.3 is 10.1 Å². The van der Waals surface area contributed by atoms with Gasteiger partial charge in [0, 0.05) is 13.0 Å². The van der Waals surface area contributed by atoms with Crippen LogP contribution in [0.5, 0.6) is 5.75 Å². The SMILES string of the molecule is COc1ccc2c(c1)CCCC2CC(=O)NCCc1ccc(S(N)(=O)=O)cc1. The predicted octanol–water partition coefficient (Wildman–Crippen LogP) is 2.51. The zero-order valence-electron chi connectivity index (χ0n) is 16.0. The molecule has 1 atom stereocenters. The van der Waals surface area contributed by atoms with Gasteiger partial charge in [-0.25, -0.2) is 13.6 Å². The Bertz CT molecular complexity index is 939. The molecule has 28 heavy (non-hydrogen) atoms. The van der Waals surface area contributed by atoms with Crippen molar-refractivity contribution >= 4 is 15.9 Å². The van der Waals surface area contributed by atoms with Crippen molar-refractivity contribution < 1.29 is 17.9 Å². The Hall–Kier alpha value is -2.38. The number of aryl methyl sites for hydroxylation is 1. The molecule has 1 aliphatic rings. The van der Waals surface area contributed by atoms with Crippen molar-refractivity contribution in [2.45, 2.75) is 42.9 Å². The van der Waals surface area contributed by atoms with Crippen molar-refractivity contribution in [3.63, 3.8) is 0 Å². The highest BCUT2D eigenvalue weighted by Gasteiger charge is 2.23. The highest BCUT2D eigenvalue weighted by Crippen LogP contribution is 2.35. The monoisotopic (exact) mass is 402 g/mol. The van der Waals surface area contributed by atoms with Gasteiger partial charge in [-0.15, -0.1) is 0 Å². The summed E-state index contributed by atoms with van der Waals surface area (Å²) in [7, 11) is -2.01. The van der Waals surface area contributed by atoms with E-state index in [0.717, 1.165) is 30.6 Å². The summed E-state index contributed by atoms with van der Waals surface area (Å²) < 4.78 is 27.8. The number of primary sulfonamides is 1. The highest BCUT2D eigenvalue weighted by atomic mass is 32.2. The van der Waals surface area contributed by atoms with E-state index >= 15 is 0 Å². The van der Waals surface area contributed by atoms with Crippen molar-refractivity contribution in [3.8, 4) is 5.75 Å². The molecular formula is C21H26N2O4S. The Morgan fingerprint density at radius 2 is 1.96 bits per heavy atom. The van der Waals surface area contributed by atoms with Gasteiger partial charge in [0.1, 0.15) is 5.75 Å². The first-order valence-electron chi connectivity index (χ1n) is 9.42. The number of nitrogens with one attached hydrogen (secondary N) is 1. The fourth-order valence-electron chi connectivity index (χ4n) is 3.72. The summed E-state index contributed by atoms with van der Waals surface area (Å²) in [5, 5.41) is 8.06. The lowest BCUT2D eigenvalue weighted by Crippen LogP contribution is -2.28. The molecule has 0 radical (unpaired) electrons. The minimum absolute atomic E-state index is 0.0369. The number of hydrogen-bond donors (Lipinski definition) is 2. The van der Waals surface area contributed by atoms with Crippen molar-refractivity contribution in [2.24, 2.45) is 5.14 Å². The minimum Gasteiger partial charge on any atom is -0.497 e. The molecule has 6 nitrogen and oxygen atoms in total. The second-order valence-corrected chi connectivity index (χ2v) is 8.71. The molecule has 1 amide bonds. The van der Waals surface area contributed by atoms with Crippen LogP contribution in [0.2, 0.25) is 0 Å². The number of carbonyl (C=O) groups excluding carboxylic acids is 1.